The second-order valence-electron chi connectivity index (χ2n) is 6.12. The largest absolute Gasteiger partial charge is 0.454 e. The number of carbonyl (C=O) groups excluding carboxylic acids is 1. The fraction of sp³-hybridized carbons (Fsp3) is 0.278. The number of nitrogens with zero attached hydrogens (tertiary/aromatic N) is 2. The lowest BCUT2D eigenvalue weighted by atomic mass is 9.98. The molecule has 2 aliphatic rings. The summed E-state index contributed by atoms with van der Waals surface area (Å²) >= 11 is 0. The van der Waals surface area contributed by atoms with E-state index in [1.807, 2.05) is 18.2 Å². The minimum absolute atomic E-state index is 0.138. The van der Waals surface area contributed by atoms with Gasteiger partial charge in [0, 0.05) is 25.1 Å². The maximum Gasteiger partial charge on any atom is 0.282 e. The molecule has 0 N–H and O–H groups in total. The Hall–Kier alpha value is -3.09. The van der Waals surface area contributed by atoms with Gasteiger partial charge in [0.15, 0.2) is 11.5 Å². The SMILES string of the molecule is O=C(c1ccccc1[N+](=O)[O-])N1CCC(c2ccc3c(c2)OCO3)C1. The van der Waals surface area contributed by atoms with E-state index in [9.17, 15) is 14.9 Å². The Morgan fingerprint density at radius 1 is 1.16 bits per heavy atom. The standard InChI is InChI=1S/C18H16N2O5/c21-18(14-3-1-2-4-15(14)20(22)23)19-8-7-13(10-19)12-5-6-16-17(9-12)25-11-24-16/h1-6,9,13H,7-8,10-11H2. The van der Waals surface area contributed by atoms with E-state index in [1.165, 1.54) is 12.1 Å². The van der Waals surface area contributed by atoms with Crippen LogP contribution < -0.4 is 9.47 Å². The minimum Gasteiger partial charge on any atom is -0.454 e. The third kappa shape index (κ3) is 2.77. The normalized spacial score (nSPS) is 18.4. The first-order valence-corrected chi connectivity index (χ1v) is 8.06. The number of ether oxygens (including phenoxy) is 2. The van der Waals surface area contributed by atoms with Gasteiger partial charge >= 0.3 is 0 Å². The lowest BCUT2D eigenvalue weighted by Gasteiger charge is -2.17. The van der Waals surface area contributed by atoms with E-state index in [-0.39, 0.29) is 29.9 Å². The van der Waals surface area contributed by atoms with Crippen molar-refractivity contribution in [3.05, 3.63) is 63.7 Å². The van der Waals surface area contributed by atoms with Gasteiger partial charge in [-0.3, -0.25) is 14.9 Å². The van der Waals surface area contributed by atoms with E-state index in [4.69, 9.17) is 9.47 Å². The second kappa shape index (κ2) is 6.08. The summed E-state index contributed by atoms with van der Waals surface area (Å²) in [6, 6.07) is 11.9. The molecule has 128 valence electrons. The Kier molecular flexibility index (Phi) is 3.76. The van der Waals surface area contributed by atoms with Crippen LogP contribution in [-0.2, 0) is 0 Å². The molecule has 2 aromatic rings. The van der Waals surface area contributed by atoms with Crippen LogP contribution in [0.5, 0.6) is 11.5 Å². The number of fused-ring (bicyclic) bond motifs is 1. The predicted molar refractivity (Wildman–Crippen MR) is 88.9 cm³/mol. The predicted octanol–water partition coefficient (Wildman–Crippen LogP) is 2.95. The Labute approximate surface area is 143 Å². The molecule has 0 spiro atoms. The van der Waals surface area contributed by atoms with Crippen LogP contribution in [-0.4, -0.2) is 35.6 Å². The van der Waals surface area contributed by atoms with Gasteiger partial charge in [0.05, 0.1) is 4.92 Å². The summed E-state index contributed by atoms with van der Waals surface area (Å²) in [5.74, 6) is 1.34. The Bertz CT molecular complexity index is 851. The lowest BCUT2D eigenvalue weighted by molar-refractivity contribution is -0.385. The second-order valence-corrected chi connectivity index (χ2v) is 6.12. The third-order valence-electron chi connectivity index (χ3n) is 4.67. The summed E-state index contributed by atoms with van der Waals surface area (Å²) in [4.78, 5) is 25.0. The number of para-hydroxylation sites is 1. The van der Waals surface area contributed by atoms with Gasteiger partial charge in [-0.1, -0.05) is 18.2 Å². The first-order valence-electron chi connectivity index (χ1n) is 8.06. The van der Waals surface area contributed by atoms with Crippen LogP contribution in [0, 0.1) is 10.1 Å². The molecule has 2 aromatic carbocycles. The van der Waals surface area contributed by atoms with Crippen molar-refractivity contribution >= 4 is 11.6 Å². The van der Waals surface area contributed by atoms with Crippen molar-refractivity contribution in [1.82, 2.24) is 4.90 Å². The van der Waals surface area contributed by atoms with E-state index >= 15 is 0 Å². The molecule has 7 nitrogen and oxygen atoms in total. The fourth-order valence-electron chi connectivity index (χ4n) is 3.37. The number of benzene rings is 2. The molecule has 4 rings (SSSR count). The molecule has 0 aromatic heterocycles. The fourth-order valence-corrected chi connectivity index (χ4v) is 3.37. The molecule has 1 fully saturated rings. The molecular formula is C18H16N2O5. The number of carbonyl (C=O) groups is 1. The maximum atomic E-state index is 12.7. The highest BCUT2D eigenvalue weighted by Crippen LogP contribution is 2.37. The molecule has 1 saturated heterocycles. The van der Waals surface area contributed by atoms with E-state index in [1.54, 1.807) is 17.0 Å². The topological polar surface area (TPSA) is 81.9 Å². The van der Waals surface area contributed by atoms with Crippen LogP contribution in [0.3, 0.4) is 0 Å². The molecule has 0 aliphatic carbocycles. The molecule has 1 unspecified atom stereocenters. The molecule has 2 aliphatic heterocycles. The van der Waals surface area contributed by atoms with Gasteiger partial charge in [-0.05, 0) is 30.2 Å². The van der Waals surface area contributed by atoms with Crippen LogP contribution in [0.2, 0.25) is 0 Å². The number of nitro groups is 1. The maximum absolute atomic E-state index is 12.7. The van der Waals surface area contributed by atoms with Crippen molar-refractivity contribution in [3.8, 4) is 11.5 Å². The average molecular weight is 340 g/mol. The molecule has 2 heterocycles. The number of hydrogen-bond donors (Lipinski definition) is 0. The molecule has 1 atom stereocenters. The molecule has 1 amide bonds. The van der Waals surface area contributed by atoms with Gasteiger partial charge < -0.3 is 14.4 Å². The molecular weight excluding hydrogens is 324 g/mol. The quantitative estimate of drug-likeness (QED) is 0.634. The van der Waals surface area contributed by atoms with Crippen LogP contribution in [0.15, 0.2) is 42.5 Å². The van der Waals surface area contributed by atoms with Crippen LogP contribution in [0.1, 0.15) is 28.3 Å². The first kappa shape index (κ1) is 15.4. The minimum atomic E-state index is -0.515. The van der Waals surface area contributed by atoms with E-state index in [0.29, 0.717) is 13.1 Å². The van der Waals surface area contributed by atoms with Crippen molar-refractivity contribution in [2.75, 3.05) is 19.9 Å². The number of rotatable bonds is 3. The number of hydrogen-bond acceptors (Lipinski definition) is 5. The summed E-state index contributed by atoms with van der Waals surface area (Å²) in [5.41, 5.74) is 1.07. The molecule has 0 radical (unpaired) electrons. The van der Waals surface area contributed by atoms with Crippen LogP contribution in [0.4, 0.5) is 5.69 Å². The van der Waals surface area contributed by atoms with Crippen molar-refractivity contribution in [1.29, 1.82) is 0 Å². The molecule has 7 heteroatoms. The first-order chi connectivity index (χ1) is 12.1. The Morgan fingerprint density at radius 2 is 1.96 bits per heavy atom. The van der Waals surface area contributed by atoms with Crippen LogP contribution >= 0.6 is 0 Å². The highest BCUT2D eigenvalue weighted by molar-refractivity contribution is 5.98. The summed E-state index contributed by atoms with van der Waals surface area (Å²) in [5, 5.41) is 11.1. The number of amides is 1. The van der Waals surface area contributed by atoms with Gasteiger partial charge in [-0.2, -0.15) is 0 Å². The Balaban J connectivity index is 1.53. The summed E-state index contributed by atoms with van der Waals surface area (Å²) in [6.07, 6.45) is 0.812. The third-order valence-corrected chi connectivity index (χ3v) is 4.67. The van der Waals surface area contributed by atoms with E-state index in [0.717, 1.165) is 23.5 Å². The molecule has 0 bridgehead atoms. The monoisotopic (exact) mass is 340 g/mol. The lowest BCUT2D eigenvalue weighted by Crippen LogP contribution is -2.29. The van der Waals surface area contributed by atoms with Gasteiger partial charge in [0.25, 0.3) is 11.6 Å². The van der Waals surface area contributed by atoms with Crippen LogP contribution in [0.25, 0.3) is 0 Å². The van der Waals surface area contributed by atoms with Gasteiger partial charge in [-0.15, -0.1) is 0 Å². The Morgan fingerprint density at radius 3 is 2.80 bits per heavy atom. The van der Waals surface area contributed by atoms with E-state index < -0.39 is 4.92 Å². The molecule has 0 saturated carbocycles. The zero-order valence-corrected chi connectivity index (χ0v) is 13.4. The highest BCUT2D eigenvalue weighted by Gasteiger charge is 2.31. The van der Waals surface area contributed by atoms with Gasteiger partial charge in [0.2, 0.25) is 6.79 Å². The number of nitro benzene ring substituents is 1. The summed E-state index contributed by atoms with van der Waals surface area (Å²) in [6.45, 7) is 1.33. The van der Waals surface area contributed by atoms with Crippen molar-refractivity contribution < 1.29 is 19.2 Å². The average Bonchev–Trinajstić information content (AvgIpc) is 3.29. The highest BCUT2D eigenvalue weighted by atomic mass is 16.7. The van der Waals surface area contributed by atoms with Crippen molar-refractivity contribution in [2.24, 2.45) is 0 Å². The summed E-state index contributed by atoms with van der Waals surface area (Å²) < 4.78 is 10.7. The summed E-state index contributed by atoms with van der Waals surface area (Å²) in [7, 11) is 0. The van der Waals surface area contributed by atoms with Crippen molar-refractivity contribution in [3.63, 3.8) is 0 Å². The smallest absolute Gasteiger partial charge is 0.282 e. The van der Waals surface area contributed by atoms with E-state index in [2.05, 4.69) is 0 Å². The zero-order valence-electron chi connectivity index (χ0n) is 13.4. The number of likely N-dealkylation sites (tertiary alicyclic amines) is 1. The van der Waals surface area contributed by atoms with Crippen molar-refractivity contribution in [2.45, 2.75) is 12.3 Å². The molecule has 25 heavy (non-hydrogen) atoms. The van der Waals surface area contributed by atoms with Gasteiger partial charge in [0.1, 0.15) is 5.56 Å². The zero-order chi connectivity index (χ0) is 17.4. The van der Waals surface area contributed by atoms with Gasteiger partial charge in [-0.25, -0.2) is 0 Å².